The first-order valence-corrected chi connectivity index (χ1v) is 6.17. The molecule has 5 nitrogen and oxygen atoms in total. The molecule has 2 aromatic rings. The smallest absolute Gasteiger partial charge is 0.168 e. The van der Waals surface area contributed by atoms with Gasteiger partial charge in [-0.05, 0) is 25.5 Å². The van der Waals surface area contributed by atoms with Crippen molar-refractivity contribution in [1.29, 1.82) is 0 Å². The Morgan fingerprint density at radius 2 is 2.33 bits per heavy atom. The summed E-state index contributed by atoms with van der Waals surface area (Å²) in [5, 5.41) is 3.29. The van der Waals surface area contributed by atoms with Gasteiger partial charge in [-0.3, -0.25) is 0 Å². The van der Waals surface area contributed by atoms with Crippen molar-refractivity contribution in [2.24, 2.45) is 0 Å². The summed E-state index contributed by atoms with van der Waals surface area (Å²) in [5.41, 5.74) is 0. The van der Waals surface area contributed by atoms with Gasteiger partial charge in [0.05, 0.1) is 12.9 Å². The maximum Gasteiger partial charge on any atom is 0.168 e. The van der Waals surface area contributed by atoms with E-state index in [0.717, 1.165) is 31.1 Å². The van der Waals surface area contributed by atoms with E-state index in [1.54, 1.807) is 12.4 Å². The van der Waals surface area contributed by atoms with Crippen molar-refractivity contribution < 1.29 is 4.74 Å². The highest BCUT2D eigenvalue weighted by Gasteiger charge is 2.02. The molecule has 0 aliphatic heterocycles. The number of ether oxygens (including phenoxy) is 1. The standard InChI is InChI=1S/C13H18N4O/c1-2-18-12-5-3-6-15-13(12)16-7-4-9-17-10-8-14-11-17/h3,5-6,8,10-11H,2,4,7,9H2,1H3,(H,15,16). The number of hydrogen-bond donors (Lipinski definition) is 1. The number of aryl methyl sites for hydroxylation is 1. The summed E-state index contributed by atoms with van der Waals surface area (Å²) in [5.74, 6) is 1.62. The average Bonchev–Trinajstić information content (AvgIpc) is 2.90. The maximum atomic E-state index is 5.50. The highest BCUT2D eigenvalue weighted by Crippen LogP contribution is 2.20. The van der Waals surface area contributed by atoms with E-state index < -0.39 is 0 Å². The molecule has 0 saturated carbocycles. The summed E-state index contributed by atoms with van der Waals surface area (Å²) in [6.45, 7) is 4.42. The molecule has 0 bridgehead atoms. The Bertz CT molecular complexity index is 456. The second-order valence-electron chi connectivity index (χ2n) is 3.86. The Morgan fingerprint density at radius 3 is 3.11 bits per heavy atom. The third-order valence-corrected chi connectivity index (χ3v) is 2.52. The van der Waals surface area contributed by atoms with Crippen LogP contribution < -0.4 is 10.1 Å². The Hall–Kier alpha value is -2.04. The van der Waals surface area contributed by atoms with Gasteiger partial charge < -0.3 is 14.6 Å². The second-order valence-corrected chi connectivity index (χ2v) is 3.86. The normalized spacial score (nSPS) is 10.3. The van der Waals surface area contributed by atoms with Gasteiger partial charge in [0.25, 0.3) is 0 Å². The minimum absolute atomic E-state index is 0.648. The van der Waals surface area contributed by atoms with Crippen LogP contribution in [0.3, 0.4) is 0 Å². The molecule has 2 rings (SSSR count). The molecule has 5 heteroatoms. The summed E-state index contributed by atoms with van der Waals surface area (Å²) < 4.78 is 7.56. The molecule has 0 radical (unpaired) electrons. The number of imidazole rings is 1. The quantitative estimate of drug-likeness (QED) is 0.761. The number of pyridine rings is 1. The van der Waals surface area contributed by atoms with E-state index in [9.17, 15) is 0 Å². The molecular formula is C13H18N4O. The van der Waals surface area contributed by atoms with Crippen LogP contribution in [0.4, 0.5) is 5.82 Å². The molecule has 0 atom stereocenters. The molecule has 0 unspecified atom stereocenters. The van der Waals surface area contributed by atoms with Gasteiger partial charge in [-0.25, -0.2) is 9.97 Å². The number of aromatic nitrogens is 3. The van der Waals surface area contributed by atoms with Gasteiger partial charge in [0.1, 0.15) is 0 Å². The van der Waals surface area contributed by atoms with Crippen molar-refractivity contribution in [3.63, 3.8) is 0 Å². The van der Waals surface area contributed by atoms with Crippen LogP contribution >= 0.6 is 0 Å². The van der Waals surface area contributed by atoms with Crippen molar-refractivity contribution >= 4 is 5.82 Å². The van der Waals surface area contributed by atoms with Crippen LogP contribution in [0.15, 0.2) is 37.1 Å². The average molecular weight is 246 g/mol. The predicted octanol–water partition coefficient (Wildman–Crippen LogP) is 2.18. The van der Waals surface area contributed by atoms with E-state index in [1.807, 2.05) is 31.6 Å². The summed E-state index contributed by atoms with van der Waals surface area (Å²) >= 11 is 0. The van der Waals surface area contributed by atoms with Gasteiger partial charge in [0, 0.05) is 31.7 Å². The summed E-state index contributed by atoms with van der Waals surface area (Å²) in [6, 6.07) is 3.80. The van der Waals surface area contributed by atoms with Crippen LogP contribution in [0.1, 0.15) is 13.3 Å². The van der Waals surface area contributed by atoms with Crippen molar-refractivity contribution in [3.05, 3.63) is 37.1 Å². The molecule has 0 saturated heterocycles. The van der Waals surface area contributed by atoms with E-state index in [2.05, 4.69) is 19.9 Å². The van der Waals surface area contributed by atoms with E-state index in [1.165, 1.54) is 0 Å². The first-order chi connectivity index (χ1) is 8.90. The van der Waals surface area contributed by atoms with E-state index in [-0.39, 0.29) is 0 Å². The lowest BCUT2D eigenvalue weighted by molar-refractivity contribution is 0.340. The van der Waals surface area contributed by atoms with E-state index >= 15 is 0 Å². The van der Waals surface area contributed by atoms with Crippen molar-refractivity contribution in [1.82, 2.24) is 14.5 Å². The van der Waals surface area contributed by atoms with Gasteiger partial charge in [0.15, 0.2) is 11.6 Å². The third-order valence-electron chi connectivity index (χ3n) is 2.52. The molecule has 18 heavy (non-hydrogen) atoms. The van der Waals surface area contributed by atoms with E-state index in [0.29, 0.717) is 6.61 Å². The number of nitrogens with zero attached hydrogens (tertiary/aromatic N) is 3. The molecular weight excluding hydrogens is 228 g/mol. The van der Waals surface area contributed by atoms with Crippen LogP contribution in [0.2, 0.25) is 0 Å². The van der Waals surface area contributed by atoms with Gasteiger partial charge in [-0.1, -0.05) is 0 Å². The number of hydrogen-bond acceptors (Lipinski definition) is 4. The first kappa shape index (κ1) is 12.4. The summed E-state index contributed by atoms with van der Waals surface area (Å²) in [7, 11) is 0. The van der Waals surface area contributed by atoms with Crippen molar-refractivity contribution in [2.75, 3.05) is 18.5 Å². The fourth-order valence-corrected chi connectivity index (χ4v) is 1.68. The molecule has 0 aliphatic carbocycles. The van der Waals surface area contributed by atoms with Crippen LogP contribution in [0.5, 0.6) is 5.75 Å². The fourth-order valence-electron chi connectivity index (χ4n) is 1.68. The monoisotopic (exact) mass is 246 g/mol. The zero-order valence-electron chi connectivity index (χ0n) is 10.5. The lowest BCUT2D eigenvalue weighted by atomic mass is 10.4. The topological polar surface area (TPSA) is 52.0 Å². The van der Waals surface area contributed by atoms with Crippen LogP contribution in [0, 0.1) is 0 Å². The highest BCUT2D eigenvalue weighted by atomic mass is 16.5. The molecule has 1 N–H and O–H groups in total. The molecule has 0 amide bonds. The summed E-state index contributed by atoms with van der Waals surface area (Å²) in [4.78, 5) is 8.28. The third kappa shape index (κ3) is 3.48. The highest BCUT2D eigenvalue weighted by molar-refractivity contribution is 5.49. The fraction of sp³-hybridized carbons (Fsp3) is 0.385. The lowest BCUT2D eigenvalue weighted by Gasteiger charge is -2.10. The Kier molecular flexibility index (Phi) is 4.58. The van der Waals surface area contributed by atoms with Crippen molar-refractivity contribution in [3.8, 4) is 5.75 Å². The van der Waals surface area contributed by atoms with Gasteiger partial charge in [0.2, 0.25) is 0 Å². The SMILES string of the molecule is CCOc1cccnc1NCCCn1ccnc1. The van der Waals surface area contributed by atoms with Gasteiger partial charge in [-0.15, -0.1) is 0 Å². The van der Waals surface area contributed by atoms with Crippen LogP contribution in [0.25, 0.3) is 0 Å². The minimum atomic E-state index is 0.648. The van der Waals surface area contributed by atoms with Crippen LogP contribution in [-0.2, 0) is 6.54 Å². The van der Waals surface area contributed by atoms with Gasteiger partial charge >= 0.3 is 0 Å². The zero-order valence-corrected chi connectivity index (χ0v) is 10.5. The predicted molar refractivity (Wildman–Crippen MR) is 70.7 cm³/mol. The largest absolute Gasteiger partial charge is 0.490 e. The maximum absolute atomic E-state index is 5.50. The molecule has 2 heterocycles. The number of rotatable bonds is 7. The molecule has 2 aromatic heterocycles. The molecule has 0 aromatic carbocycles. The minimum Gasteiger partial charge on any atom is -0.490 e. The second kappa shape index (κ2) is 6.64. The van der Waals surface area contributed by atoms with Crippen molar-refractivity contribution in [2.45, 2.75) is 19.9 Å². The Morgan fingerprint density at radius 1 is 1.39 bits per heavy atom. The number of anilines is 1. The van der Waals surface area contributed by atoms with E-state index in [4.69, 9.17) is 4.74 Å². The first-order valence-electron chi connectivity index (χ1n) is 6.17. The Labute approximate surface area is 107 Å². The van der Waals surface area contributed by atoms with Gasteiger partial charge in [-0.2, -0.15) is 0 Å². The lowest BCUT2D eigenvalue weighted by Crippen LogP contribution is -2.08. The van der Waals surface area contributed by atoms with Crippen LogP contribution in [-0.4, -0.2) is 27.7 Å². The zero-order chi connectivity index (χ0) is 12.6. The Balaban J connectivity index is 1.79. The molecule has 0 spiro atoms. The summed E-state index contributed by atoms with van der Waals surface area (Å²) in [6.07, 6.45) is 8.36. The molecule has 0 fully saturated rings. The molecule has 0 aliphatic rings. The molecule has 96 valence electrons. The number of nitrogens with one attached hydrogen (secondary N) is 1.